The minimum absolute atomic E-state index is 0.227. The van der Waals surface area contributed by atoms with Gasteiger partial charge < -0.3 is 14.5 Å². The van der Waals surface area contributed by atoms with Crippen molar-refractivity contribution in [1.29, 1.82) is 0 Å². The maximum Gasteiger partial charge on any atom is 0.295 e. The molecule has 1 aliphatic heterocycles. The Morgan fingerprint density at radius 2 is 2.29 bits per heavy atom. The second-order valence-corrected chi connectivity index (χ2v) is 4.47. The molecule has 2 atom stereocenters. The molecular weight excluding hydrogens is 216 g/mol. The highest BCUT2D eigenvalue weighted by molar-refractivity contribution is 5.74. The van der Waals surface area contributed by atoms with E-state index in [2.05, 4.69) is 17.2 Å². The average molecular weight is 232 g/mol. The van der Waals surface area contributed by atoms with E-state index in [1.807, 2.05) is 24.3 Å². The first kappa shape index (κ1) is 10.6. The highest BCUT2D eigenvalue weighted by atomic mass is 16.5. The van der Waals surface area contributed by atoms with E-state index in [0.29, 0.717) is 6.01 Å². The van der Waals surface area contributed by atoms with Crippen LogP contribution in [0.4, 0.5) is 6.01 Å². The third-order valence-electron chi connectivity index (χ3n) is 3.17. The molecule has 1 aromatic heterocycles. The summed E-state index contributed by atoms with van der Waals surface area (Å²) >= 11 is 0. The number of oxazole rings is 1. The molecule has 2 unspecified atom stereocenters. The quantitative estimate of drug-likeness (QED) is 0.884. The molecule has 0 amide bonds. The SMILES string of the molecule is CC(Nc1nc2ccccc2o1)C1CCCO1. The molecule has 90 valence electrons. The summed E-state index contributed by atoms with van der Waals surface area (Å²) in [5.74, 6) is 0. The van der Waals surface area contributed by atoms with Gasteiger partial charge in [0, 0.05) is 6.61 Å². The summed E-state index contributed by atoms with van der Waals surface area (Å²) in [6.07, 6.45) is 2.52. The molecule has 0 spiro atoms. The number of aromatic nitrogens is 1. The number of para-hydroxylation sites is 2. The fourth-order valence-corrected chi connectivity index (χ4v) is 2.22. The van der Waals surface area contributed by atoms with E-state index >= 15 is 0 Å². The maximum atomic E-state index is 5.63. The van der Waals surface area contributed by atoms with Crippen LogP contribution in [0.1, 0.15) is 19.8 Å². The minimum atomic E-state index is 0.227. The molecule has 0 saturated carbocycles. The Morgan fingerprint density at radius 1 is 1.41 bits per heavy atom. The van der Waals surface area contributed by atoms with Gasteiger partial charge >= 0.3 is 0 Å². The highest BCUT2D eigenvalue weighted by Gasteiger charge is 2.23. The molecule has 0 radical (unpaired) electrons. The van der Waals surface area contributed by atoms with Crippen LogP contribution in [0.2, 0.25) is 0 Å². The van der Waals surface area contributed by atoms with Crippen LogP contribution in [0.5, 0.6) is 0 Å². The Labute approximate surface area is 100.0 Å². The van der Waals surface area contributed by atoms with Crippen LogP contribution < -0.4 is 5.32 Å². The molecule has 1 fully saturated rings. The van der Waals surface area contributed by atoms with E-state index in [0.717, 1.165) is 30.5 Å². The zero-order chi connectivity index (χ0) is 11.7. The van der Waals surface area contributed by atoms with Gasteiger partial charge in [0.25, 0.3) is 6.01 Å². The van der Waals surface area contributed by atoms with Crippen LogP contribution in [0.15, 0.2) is 28.7 Å². The summed E-state index contributed by atoms with van der Waals surface area (Å²) in [7, 11) is 0. The molecule has 17 heavy (non-hydrogen) atoms. The van der Waals surface area contributed by atoms with Crippen molar-refractivity contribution in [2.75, 3.05) is 11.9 Å². The number of anilines is 1. The van der Waals surface area contributed by atoms with Crippen LogP contribution in [-0.4, -0.2) is 23.7 Å². The summed E-state index contributed by atoms with van der Waals surface area (Å²) in [5, 5.41) is 3.27. The predicted octanol–water partition coefficient (Wildman–Crippen LogP) is 2.81. The third kappa shape index (κ3) is 2.13. The molecule has 3 rings (SSSR count). The Hall–Kier alpha value is -1.55. The van der Waals surface area contributed by atoms with Crippen molar-refractivity contribution in [2.45, 2.75) is 31.9 Å². The average Bonchev–Trinajstić information content (AvgIpc) is 2.97. The van der Waals surface area contributed by atoms with E-state index in [1.165, 1.54) is 0 Å². The van der Waals surface area contributed by atoms with Gasteiger partial charge in [0.05, 0.1) is 12.1 Å². The van der Waals surface area contributed by atoms with Crippen molar-refractivity contribution in [2.24, 2.45) is 0 Å². The second kappa shape index (κ2) is 4.37. The highest BCUT2D eigenvalue weighted by Crippen LogP contribution is 2.22. The zero-order valence-corrected chi connectivity index (χ0v) is 9.85. The van der Waals surface area contributed by atoms with Gasteiger partial charge in [0.2, 0.25) is 0 Å². The number of nitrogens with zero attached hydrogens (tertiary/aromatic N) is 1. The van der Waals surface area contributed by atoms with Crippen LogP contribution in [0.25, 0.3) is 11.1 Å². The molecule has 2 aromatic rings. The standard InChI is InChI=1S/C13H16N2O2/c1-9(11-7-4-8-16-11)14-13-15-10-5-2-3-6-12(10)17-13/h2-3,5-6,9,11H,4,7-8H2,1H3,(H,14,15). The molecule has 1 aromatic carbocycles. The summed E-state index contributed by atoms with van der Waals surface area (Å²) in [4.78, 5) is 4.39. The van der Waals surface area contributed by atoms with Gasteiger partial charge in [-0.1, -0.05) is 12.1 Å². The van der Waals surface area contributed by atoms with Gasteiger partial charge in [-0.3, -0.25) is 0 Å². The molecule has 4 heteroatoms. The van der Waals surface area contributed by atoms with E-state index in [-0.39, 0.29) is 12.1 Å². The van der Waals surface area contributed by atoms with Crippen molar-refractivity contribution in [3.63, 3.8) is 0 Å². The van der Waals surface area contributed by atoms with E-state index < -0.39 is 0 Å². The lowest BCUT2D eigenvalue weighted by Crippen LogP contribution is -2.30. The lowest BCUT2D eigenvalue weighted by atomic mass is 10.1. The lowest BCUT2D eigenvalue weighted by molar-refractivity contribution is 0.0990. The number of nitrogens with one attached hydrogen (secondary N) is 1. The van der Waals surface area contributed by atoms with Crippen molar-refractivity contribution in [3.8, 4) is 0 Å². The molecule has 0 aliphatic carbocycles. The van der Waals surface area contributed by atoms with Gasteiger partial charge in [-0.05, 0) is 31.9 Å². The molecule has 0 bridgehead atoms. The summed E-state index contributed by atoms with van der Waals surface area (Å²) < 4.78 is 11.2. The lowest BCUT2D eigenvalue weighted by Gasteiger charge is -2.18. The number of rotatable bonds is 3. The van der Waals surface area contributed by atoms with Crippen molar-refractivity contribution >= 4 is 17.1 Å². The first-order valence-electron chi connectivity index (χ1n) is 6.06. The Kier molecular flexibility index (Phi) is 2.73. The molecule has 2 heterocycles. The fourth-order valence-electron chi connectivity index (χ4n) is 2.22. The minimum Gasteiger partial charge on any atom is -0.424 e. The van der Waals surface area contributed by atoms with Crippen LogP contribution in [-0.2, 0) is 4.74 Å². The van der Waals surface area contributed by atoms with Crippen molar-refractivity contribution in [1.82, 2.24) is 4.98 Å². The van der Waals surface area contributed by atoms with Crippen molar-refractivity contribution in [3.05, 3.63) is 24.3 Å². The number of hydrogen-bond donors (Lipinski definition) is 1. The van der Waals surface area contributed by atoms with Crippen LogP contribution >= 0.6 is 0 Å². The van der Waals surface area contributed by atoms with E-state index in [1.54, 1.807) is 0 Å². The third-order valence-corrected chi connectivity index (χ3v) is 3.17. The van der Waals surface area contributed by atoms with Crippen LogP contribution in [0, 0.1) is 0 Å². The monoisotopic (exact) mass is 232 g/mol. The smallest absolute Gasteiger partial charge is 0.295 e. The largest absolute Gasteiger partial charge is 0.424 e. The Bertz CT molecular complexity index is 470. The first-order valence-corrected chi connectivity index (χ1v) is 6.06. The Balaban J connectivity index is 1.75. The number of benzene rings is 1. The first-order chi connectivity index (χ1) is 8.33. The van der Waals surface area contributed by atoms with Gasteiger partial charge in [0.1, 0.15) is 5.52 Å². The molecule has 4 nitrogen and oxygen atoms in total. The van der Waals surface area contributed by atoms with E-state index in [4.69, 9.17) is 9.15 Å². The number of hydrogen-bond acceptors (Lipinski definition) is 4. The summed E-state index contributed by atoms with van der Waals surface area (Å²) in [5.41, 5.74) is 1.70. The fraction of sp³-hybridized carbons (Fsp3) is 0.462. The van der Waals surface area contributed by atoms with Crippen molar-refractivity contribution < 1.29 is 9.15 Å². The van der Waals surface area contributed by atoms with Gasteiger partial charge in [0.15, 0.2) is 5.58 Å². The second-order valence-electron chi connectivity index (χ2n) is 4.47. The zero-order valence-electron chi connectivity index (χ0n) is 9.85. The molecular formula is C13H16N2O2. The summed E-state index contributed by atoms with van der Waals surface area (Å²) in [6, 6.07) is 8.57. The summed E-state index contributed by atoms with van der Waals surface area (Å²) in [6.45, 7) is 2.97. The number of ether oxygens (including phenoxy) is 1. The predicted molar refractivity (Wildman–Crippen MR) is 66.1 cm³/mol. The maximum absolute atomic E-state index is 5.63. The molecule has 1 saturated heterocycles. The van der Waals surface area contributed by atoms with Gasteiger partial charge in [-0.25, -0.2) is 0 Å². The molecule has 1 aliphatic rings. The molecule has 1 N–H and O–H groups in total. The normalized spacial score (nSPS) is 21.8. The number of fused-ring (bicyclic) bond motifs is 1. The van der Waals surface area contributed by atoms with Gasteiger partial charge in [-0.2, -0.15) is 4.98 Å². The topological polar surface area (TPSA) is 47.3 Å². The Morgan fingerprint density at radius 3 is 3.06 bits per heavy atom. The van der Waals surface area contributed by atoms with E-state index in [9.17, 15) is 0 Å². The van der Waals surface area contributed by atoms with Gasteiger partial charge in [-0.15, -0.1) is 0 Å². The van der Waals surface area contributed by atoms with Crippen LogP contribution in [0.3, 0.4) is 0 Å².